The van der Waals surface area contributed by atoms with Crippen LogP contribution in [0.4, 0.5) is 11.8 Å². The molecule has 0 unspecified atom stereocenters. The number of hydrogen-bond acceptors (Lipinski definition) is 4. The molecule has 0 bridgehead atoms. The van der Waals surface area contributed by atoms with Crippen molar-refractivity contribution >= 4 is 27.7 Å². The van der Waals surface area contributed by atoms with Crippen molar-refractivity contribution in [2.45, 2.75) is 26.2 Å². The van der Waals surface area contributed by atoms with Gasteiger partial charge in [0.1, 0.15) is 5.82 Å². The number of aromatic nitrogens is 2. The molecule has 4 nitrogen and oxygen atoms in total. The molecule has 0 saturated heterocycles. The number of anilines is 2. The molecule has 16 heavy (non-hydrogen) atoms. The molecule has 2 rings (SSSR count). The fraction of sp³-hybridized carbons (Fsp3) is 0.636. The van der Waals surface area contributed by atoms with Crippen molar-refractivity contribution in [1.29, 1.82) is 0 Å². The van der Waals surface area contributed by atoms with Gasteiger partial charge in [0, 0.05) is 19.8 Å². The first-order valence-electron chi connectivity index (χ1n) is 5.57. The Balaban J connectivity index is 2.02. The molecule has 1 aliphatic rings. The summed E-state index contributed by atoms with van der Waals surface area (Å²) in [4.78, 5) is 8.50. The van der Waals surface area contributed by atoms with E-state index in [4.69, 9.17) is 0 Å². The second kappa shape index (κ2) is 4.57. The molecule has 1 fully saturated rings. The maximum atomic E-state index is 4.37. The molecule has 1 aromatic heterocycles. The lowest BCUT2D eigenvalue weighted by molar-refractivity contribution is 0.180. The number of nitrogens with zero attached hydrogens (tertiary/aromatic N) is 2. The van der Waals surface area contributed by atoms with Gasteiger partial charge >= 0.3 is 0 Å². The van der Waals surface area contributed by atoms with Crippen LogP contribution < -0.4 is 10.6 Å². The van der Waals surface area contributed by atoms with Crippen LogP contribution in [0.1, 0.15) is 26.2 Å². The highest BCUT2D eigenvalue weighted by Gasteiger charge is 2.31. The normalized spacial score (nSPS) is 17.7. The van der Waals surface area contributed by atoms with Crippen molar-refractivity contribution in [2.75, 3.05) is 24.2 Å². The number of hydrogen-bond donors (Lipinski definition) is 2. The molecule has 0 aromatic carbocycles. The topological polar surface area (TPSA) is 49.8 Å². The molecular weight excluding hydrogens is 268 g/mol. The Morgan fingerprint density at radius 1 is 1.50 bits per heavy atom. The van der Waals surface area contributed by atoms with Crippen LogP contribution in [0.5, 0.6) is 0 Å². The summed E-state index contributed by atoms with van der Waals surface area (Å²) in [5, 5.41) is 6.33. The van der Waals surface area contributed by atoms with E-state index < -0.39 is 0 Å². The zero-order valence-electron chi connectivity index (χ0n) is 9.68. The fourth-order valence-electron chi connectivity index (χ4n) is 1.87. The van der Waals surface area contributed by atoms with Crippen LogP contribution in [0.15, 0.2) is 10.7 Å². The van der Waals surface area contributed by atoms with Gasteiger partial charge in [-0.25, -0.2) is 4.98 Å². The fourth-order valence-corrected chi connectivity index (χ4v) is 2.20. The van der Waals surface area contributed by atoms with E-state index in [9.17, 15) is 0 Å². The predicted molar refractivity (Wildman–Crippen MR) is 69.7 cm³/mol. The van der Waals surface area contributed by atoms with E-state index in [1.807, 2.05) is 7.05 Å². The van der Waals surface area contributed by atoms with E-state index in [1.54, 1.807) is 6.20 Å². The minimum absolute atomic E-state index is 0.449. The standard InChI is InChI=1S/C11H17BrN4/c1-11(4-3-5-11)7-15-9-8(12)6-14-10(13-2)16-9/h6H,3-5,7H2,1-2H3,(H2,13,14,15,16). The lowest BCUT2D eigenvalue weighted by Gasteiger charge is -2.38. The van der Waals surface area contributed by atoms with Gasteiger partial charge in [-0.1, -0.05) is 13.3 Å². The monoisotopic (exact) mass is 284 g/mol. The van der Waals surface area contributed by atoms with Crippen LogP contribution in [-0.4, -0.2) is 23.6 Å². The highest BCUT2D eigenvalue weighted by molar-refractivity contribution is 9.10. The Morgan fingerprint density at radius 2 is 2.25 bits per heavy atom. The predicted octanol–water partition coefficient (Wildman–Crippen LogP) is 2.88. The third kappa shape index (κ3) is 2.45. The van der Waals surface area contributed by atoms with Crippen molar-refractivity contribution in [2.24, 2.45) is 5.41 Å². The minimum atomic E-state index is 0.449. The van der Waals surface area contributed by atoms with Gasteiger partial charge in [0.05, 0.1) is 4.47 Å². The summed E-state index contributed by atoms with van der Waals surface area (Å²) >= 11 is 3.45. The Hall–Kier alpha value is -0.840. The summed E-state index contributed by atoms with van der Waals surface area (Å²) in [5.41, 5.74) is 0.449. The minimum Gasteiger partial charge on any atom is -0.368 e. The van der Waals surface area contributed by atoms with Gasteiger partial charge in [-0.2, -0.15) is 4.98 Å². The van der Waals surface area contributed by atoms with E-state index in [1.165, 1.54) is 19.3 Å². The maximum absolute atomic E-state index is 4.37. The summed E-state index contributed by atoms with van der Waals surface area (Å²) < 4.78 is 0.912. The molecule has 5 heteroatoms. The smallest absolute Gasteiger partial charge is 0.224 e. The maximum Gasteiger partial charge on any atom is 0.224 e. The molecule has 0 radical (unpaired) electrons. The molecule has 88 valence electrons. The first-order valence-corrected chi connectivity index (χ1v) is 6.36. The Bertz CT molecular complexity index is 376. The van der Waals surface area contributed by atoms with Crippen LogP contribution in [0.25, 0.3) is 0 Å². The molecule has 0 aliphatic heterocycles. The average molecular weight is 285 g/mol. The van der Waals surface area contributed by atoms with Gasteiger partial charge in [-0.05, 0) is 34.2 Å². The van der Waals surface area contributed by atoms with Gasteiger partial charge in [-0.3, -0.25) is 0 Å². The summed E-state index contributed by atoms with van der Waals surface area (Å²) in [7, 11) is 1.82. The van der Waals surface area contributed by atoms with E-state index in [2.05, 4.69) is 43.5 Å². The van der Waals surface area contributed by atoms with Gasteiger partial charge in [0.2, 0.25) is 5.95 Å². The van der Waals surface area contributed by atoms with E-state index in [0.717, 1.165) is 16.8 Å². The first kappa shape index (κ1) is 11.6. The second-order valence-electron chi connectivity index (χ2n) is 4.66. The molecule has 1 aromatic rings. The molecule has 2 N–H and O–H groups in total. The van der Waals surface area contributed by atoms with Crippen molar-refractivity contribution < 1.29 is 0 Å². The molecule has 1 heterocycles. The zero-order chi connectivity index (χ0) is 11.6. The molecule has 0 atom stereocenters. The first-order chi connectivity index (χ1) is 7.63. The number of nitrogens with one attached hydrogen (secondary N) is 2. The van der Waals surface area contributed by atoms with E-state index >= 15 is 0 Å². The molecular formula is C11H17BrN4. The van der Waals surface area contributed by atoms with Crippen molar-refractivity contribution in [3.63, 3.8) is 0 Å². The zero-order valence-corrected chi connectivity index (χ0v) is 11.3. The quantitative estimate of drug-likeness (QED) is 0.893. The third-order valence-electron chi connectivity index (χ3n) is 3.21. The summed E-state index contributed by atoms with van der Waals surface area (Å²) in [6, 6.07) is 0. The van der Waals surface area contributed by atoms with Gasteiger partial charge in [-0.15, -0.1) is 0 Å². The summed E-state index contributed by atoms with van der Waals surface area (Å²) in [6.07, 6.45) is 5.73. The Labute approximate surface area is 104 Å². The lowest BCUT2D eigenvalue weighted by Crippen LogP contribution is -2.33. The second-order valence-corrected chi connectivity index (χ2v) is 5.51. The van der Waals surface area contributed by atoms with Crippen LogP contribution in [-0.2, 0) is 0 Å². The largest absolute Gasteiger partial charge is 0.368 e. The van der Waals surface area contributed by atoms with Crippen LogP contribution in [0.2, 0.25) is 0 Å². The van der Waals surface area contributed by atoms with Crippen LogP contribution in [0, 0.1) is 5.41 Å². The molecule has 0 amide bonds. The molecule has 1 aliphatic carbocycles. The SMILES string of the molecule is CNc1ncc(Br)c(NCC2(C)CCC2)n1. The third-order valence-corrected chi connectivity index (χ3v) is 3.79. The summed E-state index contributed by atoms with van der Waals surface area (Å²) in [5.74, 6) is 1.51. The lowest BCUT2D eigenvalue weighted by atomic mass is 9.70. The van der Waals surface area contributed by atoms with Crippen molar-refractivity contribution in [3.8, 4) is 0 Å². The molecule has 0 spiro atoms. The highest BCUT2D eigenvalue weighted by Crippen LogP contribution is 2.40. The number of halogens is 1. The molecule has 1 saturated carbocycles. The number of rotatable bonds is 4. The Kier molecular flexibility index (Phi) is 3.33. The van der Waals surface area contributed by atoms with Gasteiger partial charge in [0.25, 0.3) is 0 Å². The Morgan fingerprint density at radius 3 is 2.81 bits per heavy atom. The van der Waals surface area contributed by atoms with E-state index in [-0.39, 0.29) is 0 Å². The summed E-state index contributed by atoms with van der Waals surface area (Å²) in [6.45, 7) is 3.29. The average Bonchev–Trinajstić information content (AvgIpc) is 2.25. The van der Waals surface area contributed by atoms with E-state index in [0.29, 0.717) is 11.4 Å². The van der Waals surface area contributed by atoms with Gasteiger partial charge < -0.3 is 10.6 Å². The van der Waals surface area contributed by atoms with Crippen LogP contribution >= 0.6 is 15.9 Å². The highest BCUT2D eigenvalue weighted by atomic mass is 79.9. The van der Waals surface area contributed by atoms with Gasteiger partial charge in [0.15, 0.2) is 0 Å². The van der Waals surface area contributed by atoms with Crippen molar-refractivity contribution in [1.82, 2.24) is 9.97 Å². The van der Waals surface area contributed by atoms with Crippen LogP contribution in [0.3, 0.4) is 0 Å². The van der Waals surface area contributed by atoms with Crippen molar-refractivity contribution in [3.05, 3.63) is 10.7 Å².